The predicted octanol–water partition coefficient (Wildman–Crippen LogP) is 2.26. The number of benzene rings is 1. The minimum Gasteiger partial charge on any atom is -0.374 e. The van der Waals surface area contributed by atoms with Gasteiger partial charge in [0.25, 0.3) is 0 Å². The standard InChI is InChI=1S/C14H17NO2/c16-10-11-4-6-12(7-5-11)15-8-9-17-14-3-1-2-13(14)15/h4-7,10,13-14H,1-3,8-9H2. The van der Waals surface area contributed by atoms with E-state index in [1.807, 2.05) is 24.3 Å². The zero-order valence-corrected chi connectivity index (χ0v) is 9.84. The molecule has 3 heteroatoms. The van der Waals surface area contributed by atoms with E-state index in [1.165, 1.54) is 24.9 Å². The number of hydrogen-bond donors (Lipinski definition) is 0. The molecule has 1 aromatic carbocycles. The van der Waals surface area contributed by atoms with Crippen molar-refractivity contribution in [3.05, 3.63) is 29.8 Å². The van der Waals surface area contributed by atoms with Gasteiger partial charge in [-0.1, -0.05) is 0 Å². The summed E-state index contributed by atoms with van der Waals surface area (Å²) in [6.45, 7) is 1.78. The van der Waals surface area contributed by atoms with Crippen LogP contribution in [0.1, 0.15) is 29.6 Å². The fourth-order valence-electron chi connectivity index (χ4n) is 2.99. The maximum absolute atomic E-state index is 10.6. The molecule has 2 fully saturated rings. The molecule has 1 aliphatic carbocycles. The van der Waals surface area contributed by atoms with E-state index < -0.39 is 0 Å². The van der Waals surface area contributed by atoms with Crippen molar-refractivity contribution in [1.29, 1.82) is 0 Å². The van der Waals surface area contributed by atoms with E-state index in [0.29, 0.717) is 12.1 Å². The summed E-state index contributed by atoms with van der Waals surface area (Å²) in [6.07, 6.45) is 4.97. The van der Waals surface area contributed by atoms with E-state index in [2.05, 4.69) is 4.90 Å². The van der Waals surface area contributed by atoms with E-state index in [4.69, 9.17) is 4.74 Å². The average Bonchev–Trinajstić information content (AvgIpc) is 2.87. The van der Waals surface area contributed by atoms with Crippen molar-refractivity contribution in [2.75, 3.05) is 18.1 Å². The molecule has 17 heavy (non-hydrogen) atoms. The lowest BCUT2D eigenvalue weighted by Gasteiger charge is -2.39. The third-order valence-corrected chi connectivity index (χ3v) is 3.84. The van der Waals surface area contributed by atoms with Crippen LogP contribution in [0.2, 0.25) is 0 Å². The van der Waals surface area contributed by atoms with Gasteiger partial charge in [0.1, 0.15) is 6.29 Å². The minimum atomic E-state index is 0.412. The molecule has 0 N–H and O–H groups in total. The molecule has 90 valence electrons. The maximum Gasteiger partial charge on any atom is 0.150 e. The summed E-state index contributed by atoms with van der Waals surface area (Å²) in [6, 6.07) is 8.41. The Morgan fingerprint density at radius 2 is 2.06 bits per heavy atom. The number of ether oxygens (including phenoxy) is 1. The number of hydrogen-bond acceptors (Lipinski definition) is 3. The second-order valence-electron chi connectivity index (χ2n) is 4.81. The summed E-state index contributed by atoms with van der Waals surface area (Å²) in [5, 5.41) is 0. The van der Waals surface area contributed by atoms with Crippen LogP contribution >= 0.6 is 0 Å². The highest BCUT2D eigenvalue weighted by molar-refractivity contribution is 5.75. The maximum atomic E-state index is 10.6. The van der Waals surface area contributed by atoms with Gasteiger partial charge in [0.15, 0.2) is 0 Å². The van der Waals surface area contributed by atoms with Crippen molar-refractivity contribution in [1.82, 2.24) is 0 Å². The van der Waals surface area contributed by atoms with E-state index in [-0.39, 0.29) is 0 Å². The smallest absolute Gasteiger partial charge is 0.150 e. The Hall–Kier alpha value is -1.35. The van der Waals surface area contributed by atoms with Crippen LogP contribution in [0.4, 0.5) is 5.69 Å². The molecule has 0 aromatic heterocycles. The molecule has 0 radical (unpaired) electrons. The van der Waals surface area contributed by atoms with E-state index in [0.717, 1.165) is 25.0 Å². The van der Waals surface area contributed by atoms with E-state index >= 15 is 0 Å². The van der Waals surface area contributed by atoms with Crippen LogP contribution in [0.25, 0.3) is 0 Å². The van der Waals surface area contributed by atoms with Crippen LogP contribution in [0.3, 0.4) is 0 Å². The summed E-state index contributed by atoms with van der Waals surface area (Å²) in [4.78, 5) is 13.1. The van der Waals surface area contributed by atoms with Crippen molar-refractivity contribution >= 4 is 12.0 Å². The van der Waals surface area contributed by atoms with Gasteiger partial charge in [-0.15, -0.1) is 0 Å². The highest BCUT2D eigenvalue weighted by Gasteiger charge is 2.35. The molecule has 1 aromatic rings. The molecule has 1 saturated carbocycles. The quantitative estimate of drug-likeness (QED) is 0.731. The predicted molar refractivity (Wildman–Crippen MR) is 66.6 cm³/mol. The molecule has 2 atom stereocenters. The highest BCUT2D eigenvalue weighted by atomic mass is 16.5. The van der Waals surface area contributed by atoms with Gasteiger partial charge < -0.3 is 9.64 Å². The van der Waals surface area contributed by atoms with Crippen LogP contribution in [0.15, 0.2) is 24.3 Å². The topological polar surface area (TPSA) is 29.5 Å². The number of carbonyl (C=O) groups excluding carboxylic acids is 1. The van der Waals surface area contributed by atoms with Gasteiger partial charge in [0, 0.05) is 17.8 Å². The van der Waals surface area contributed by atoms with Crippen LogP contribution in [-0.2, 0) is 4.74 Å². The second kappa shape index (κ2) is 4.49. The molecule has 0 amide bonds. The number of morpholine rings is 1. The largest absolute Gasteiger partial charge is 0.374 e. The number of aldehydes is 1. The minimum absolute atomic E-state index is 0.412. The zero-order chi connectivity index (χ0) is 11.7. The Labute approximate surface area is 101 Å². The van der Waals surface area contributed by atoms with Crippen molar-refractivity contribution in [2.24, 2.45) is 0 Å². The molecule has 1 heterocycles. The monoisotopic (exact) mass is 231 g/mol. The molecule has 2 unspecified atom stereocenters. The second-order valence-corrected chi connectivity index (χ2v) is 4.81. The lowest BCUT2D eigenvalue weighted by Crippen LogP contribution is -2.48. The van der Waals surface area contributed by atoms with Crippen LogP contribution in [0.5, 0.6) is 0 Å². The van der Waals surface area contributed by atoms with Gasteiger partial charge >= 0.3 is 0 Å². The van der Waals surface area contributed by atoms with Gasteiger partial charge in [-0.3, -0.25) is 4.79 Å². The molecule has 3 rings (SSSR count). The average molecular weight is 231 g/mol. The fraction of sp³-hybridized carbons (Fsp3) is 0.500. The molecule has 3 nitrogen and oxygen atoms in total. The Morgan fingerprint density at radius 1 is 1.24 bits per heavy atom. The highest BCUT2D eigenvalue weighted by Crippen LogP contribution is 2.32. The molecular formula is C14H17NO2. The van der Waals surface area contributed by atoms with Crippen LogP contribution < -0.4 is 4.90 Å². The van der Waals surface area contributed by atoms with E-state index in [9.17, 15) is 4.79 Å². The Morgan fingerprint density at radius 3 is 2.82 bits per heavy atom. The molecule has 0 bridgehead atoms. The Balaban J connectivity index is 1.83. The van der Waals surface area contributed by atoms with Gasteiger partial charge in [-0.05, 0) is 43.5 Å². The third-order valence-electron chi connectivity index (χ3n) is 3.84. The van der Waals surface area contributed by atoms with Gasteiger partial charge in [0.05, 0.1) is 18.8 Å². The number of carbonyl (C=O) groups is 1. The Kier molecular flexibility index (Phi) is 2.85. The zero-order valence-electron chi connectivity index (χ0n) is 9.84. The summed E-state index contributed by atoms with van der Waals surface area (Å²) >= 11 is 0. The van der Waals surface area contributed by atoms with Crippen molar-refractivity contribution in [3.8, 4) is 0 Å². The Bertz CT molecular complexity index is 401. The molecule has 1 saturated heterocycles. The lowest BCUT2D eigenvalue weighted by atomic mass is 10.1. The first kappa shape index (κ1) is 10.8. The molecule has 2 aliphatic rings. The molecule has 0 spiro atoms. The van der Waals surface area contributed by atoms with Gasteiger partial charge in [-0.25, -0.2) is 0 Å². The van der Waals surface area contributed by atoms with Crippen LogP contribution in [-0.4, -0.2) is 31.6 Å². The summed E-state index contributed by atoms with van der Waals surface area (Å²) in [5.74, 6) is 0. The lowest BCUT2D eigenvalue weighted by molar-refractivity contribution is 0.0256. The van der Waals surface area contributed by atoms with Crippen LogP contribution in [0, 0.1) is 0 Å². The summed E-state index contributed by atoms with van der Waals surface area (Å²) < 4.78 is 5.80. The van der Waals surface area contributed by atoms with Gasteiger partial charge in [0.2, 0.25) is 0 Å². The van der Waals surface area contributed by atoms with Crippen molar-refractivity contribution in [3.63, 3.8) is 0 Å². The molecular weight excluding hydrogens is 214 g/mol. The summed E-state index contributed by atoms with van der Waals surface area (Å²) in [5.41, 5.74) is 1.96. The van der Waals surface area contributed by atoms with Gasteiger partial charge in [-0.2, -0.15) is 0 Å². The first-order valence-electron chi connectivity index (χ1n) is 6.32. The first-order valence-corrected chi connectivity index (χ1v) is 6.32. The van der Waals surface area contributed by atoms with Crippen molar-refractivity contribution < 1.29 is 9.53 Å². The normalized spacial score (nSPS) is 27.9. The molecule has 1 aliphatic heterocycles. The number of nitrogens with zero attached hydrogens (tertiary/aromatic N) is 1. The first-order chi connectivity index (χ1) is 8.38. The fourth-order valence-corrected chi connectivity index (χ4v) is 2.99. The van der Waals surface area contributed by atoms with Crippen molar-refractivity contribution in [2.45, 2.75) is 31.4 Å². The number of rotatable bonds is 2. The summed E-state index contributed by atoms with van der Waals surface area (Å²) in [7, 11) is 0. The van der Waals surface area contributed by atoms with E-state index in [1.54, 1.807) is 0 Å². The number of anilines is 1. The third kappa shape index (κ3) is 1.95. The number of fused-ring (bicyclic) bond motifs is 1. The SMILES string of the molecule is O=Cc1ccc(N2CCOC3CCCC32)cc1.